The Morgan fingerprint density at radius 3 is 2.86 bits per heavy atom. The minimum absolute atomic E-state index is 0.715. The van der Waals surface area contributed by atoms with Gasteiger partial charge >= 0.3 is 0 Å². The maximum Gasteiger partial charge on any atom is 0.0457 e. The van der Waals surface area contributed by atoms with Gasteiger partial charge in [0.05, 0.1) is 0 Å². The predicted molar refractivity (Wildman–Crippen MR) is 69.6 cm³/mol. The van der Waals surface area contributed by atoms with Crippen LogP contribution in [-0.4, -0.2) is 4.98 Å². The lowest BCUT2D eigenvalue weighted by Gasteiger charge is -2.02. The molecule has 74 valence electrons. The van der Waals surface area contributed by atoms with E-state index in [0.717, 1.165) is 6.42 Å². The van der Waals surface area contributed by atoms with E-state index in [1.807, 2.05) is 0 Å². The van der Waals surface area contributed by atoms with Gasteiger partial charge < -0.3 is 4.98 Å². The van der Waals surface area contributed by atoms with Gasteiger partial charge in [0, 0.05) is 20.7 Å². The molecule has 0 unspecified atom stereocenters. The Morgan fingerprint density at radius 2 is 2.14 bits per heavy atom. The Labute approximate surface area is 98.0 Å². The van der Waals surface area contributed by atoms with Crippen molar-refractivity contribution in [2.45, 2.75) is 20.3 Å². The van der Waals surface area contributed by atoms with Gasteiger partial charge in [-0.15, -0.1) is 0 Å². The van der Waals surface area contributed by atoms with E-state index in [2.05, 4.69) is 65.8 Å². The van der Waals surface area contributed by atoms with Crippen molar-refractivity contribution in [2.75, 3.05) is 0 Å². The molecular formula is C12H14IN. The minimum Gasteiger partial charge on any atom is -0.361 e. The molecule has 2 rings (SSSR count). The highest BCUT2D eigenvalue weighted by Gasteiger charge is 2.05. The number of nitrogens with one attached hydrogen (secondary N) is 1. The van der Waals surface area contributed by atoms with Crippen molar-refractivity contribution in [3.05, 3.63) is 33.5 Å². The van der Waals surface area contributed by atoms with Gasteiger partial charge in [-0.2, -0.15) is 0 Å². The standard InChI is InChI=1S/C12H14IN/c1-8(2)5-9-7-14-12-4-3-10(13)6-11(9)12/h3-4,6-8,14H,5H2,1-2H3. The first-order valence-corrected chi connectivity index (χ1v) is 6.00. The fourth-order valence-corrected chi connectivity index (χ4v) is 2.25. The van der Waals surface area contributed by atoms with Crippen molar-refractivity contribution in [2.24, 2.45) is 5.92 Å². The fraction of sp³-hybridized carbons (Fsp3) is 0.333. The molecule has 0 fully saturated rings. The van der Waals surface area contributed by atoms with E-state index in [1.165, 1.54) is 20.0 Å². The van der Waals surface area contributed by atoms with Crippen molar-refractivity contribution in [3.8, 4) is 0 Å². The zero-order valence-electron chi connectivity index (χ0n) is 8.47. The van der Waals surface area contributed by atoms with E-state index < -0.39 is 0 Å². The van der Waals surface area contributed by atoms with Gasteiger partial charge in [0.2, 0.25) is 0 Å². The number of rotatable bonds is 2. The highest BCUT2D eigenvalue weighted by Crippen LogP contribution is 2.22. The predicted octanol–water partition coefficient (Wildman–Crippen LogP) is 3.97. The number of H-pyrrole nitrogens is 1. The molecular weight excluding hydrogens is 285 g/mol. The van der Waals surface area contributed by atoms with Gasteiger partial charge in [0.25, 0.3) is 0 Å². The zero-order valence-corrected chi connectivity index (χ0v) is 10.6. The quantitative estimate of drug-likeness (QED) is 0.808. The monoisotopic (exact) mass is 299 g/mol. The molecule has 1 nitrogen and oxygen atoms in total. The smallest absolute Gasteiger partial charge is 0.0457 e. The summed E-state index contributed by atoms with van der Waals surface area (Å²) in [6.45, 7) is 4.51. The van der Waals surface area contributed by atoms with Crippen molar-refractivity contribution in [1.82, 2.24) is 4.98 Å². The summed E-state index contributed by atoms with van der Waals surface area (Å²) in [6.07, 6.45) is 3.29. The van der Waals surface area contributed by atoms with Gasteiger partial charge in [-0.3, -0.25) is 0 Å². The van der Waals surface area contributed by atoms with Crippen LogP contribution in [-0.2, 0) is 6.42 Å². The van der Waals surface area contributed by atoms with Gasteiger partial charge in [-0.25, -0.2) is 0 Å². The second-order valence-electron chi connectivity index (χ2n) is 4.10. The van der Waals surface area contributed by atoms with Gasteiger partial charge in [-0.1, -0.05) is 13.8 Å². The second kappa shape index (κ2) is 3.93. The number of hydrogen-bond acceptors (Lipinski definition) is 0. The molecule has 0 saturated carbocycles. The summed E-state index contributed by atoms with van der Waals surface area (Å²) in [4.78, 5) is 3.32. The largest absolute Gasteiger partial charge is 0.361 e. The van der Waals surface area contributed by atoms with E-state index in [-0.39, 0.29) is 0 Å². The summed E-state index contributed by atoms with van der Waals surface area (Å²) in [5.41, 5.74) is 2.69. The summed E-state index contributed by atoms with van der Waals surface area (Å²) >= 11 is 2.36. The number of hydrogen-bond donors (Lipinski definition) is 1. The van der Waals surface area contributed by atoms with E-state index in [9.17, 15) is 0 Å². The van der Waals surface area contributed by atoms with Crippen LogP contribution in [0.2, 0.25) is 0 Å². The van der Waals surface area contributed by atoms with E-state index >= 15 is 0 Å². The second-order valence-corrected chi connectivity index (χ2v) is 5.35. The molecule has 0 saturated heterocycles. The van der Waals surface area contributed by atoms with Crippen LogP contribution in [0, 0.1) is 9.49 Å². The molecule has 0 aliphatic carbocycles. The van der Waals surface area contributed by atoms with Crippen molar-refractivity contribution >= 4 is 33.5 Å². The molecule has 0 atom stereocenters. The van der Waals surface area contributed by atoms with Gasteiger partial charge in [0.15, 0.2) is 0 Å². The third-order valence-corrected chi connectivity index (χ3v) is 3.03. The molecule has 2 aromatic rings. The third-order valence-electron chi connectivity index (χ3n) is 2.36. The lowest BCUT2D eigenvalue weighted by atomic mass is 10.0. The van der Waals surface area contributed by atoms with Gasteiger partial charge in [-0.05, 0) is 58.7 Å². The topological polar surface area (TPSA) is 15.8 Å². The Bertz CT molecular complexity index is 443. The van der Waals surface area contributed by atoms with Gasteiger partial charge in [0.1, 0.15) is 0 Å². The Hall–Kier alpha value is -0.510. The molecule has 1 heterocycles. The molecule has 1 aromatic carbocycles. The minimum atomic E-state index is 0.715. The average Bonchev–Trinajstić information content (AvgIpc) is 2.47. The first kappa shape index (κ1) is 10.0. The lowest BCUT2D eigenvalue weighted by molar-refractivity contribution is 0.650. The summed E-state index contributed by atoms with van der Waals surface area (Å²) in [5, 5.41) is 1.38. The first-order chi connectivity index (χ1) is 6.66. The first-order valence-electron chi connectivity index (χ1n) is 4.92. The molecule has 0 aliphatic heterocycles. The number of halogens is 1. The summed E-state index contributed by atoms with van der Waals surface area (Å²) < 4.78 is 1.31. The zero-order chi connectivity index (χ0) is 10.1. The van der Waals surface area contributed by atoms with Crippen molar-refractivity contribution < 1.29 is 0 Å². The molecule has 0 bridgehead atoms. The van der Waals surface area contributed by atoms with E-state index in [0.29, 0.717) is 5.92 Å². The summed E-state index contributed by atoms with van der Waals surface area (Å²) in [7, 11) is 0. The van der Waals surface area contributed by atoms with E-state index in [1.54, 1.807) is 0 Å². The molecule has 1 N–H and O–H groups in total. The molecule has 1 aromatic heterocycles. The number of aromatic nitrogens is 1. The molecule has 0 radical (unpaired) electrons. The van der Waals surface area contributed by atoms with Crippen LogP contribution >= 0.6 is 22.6 Å². The van der Waals surface area contributed by atoms with Crippen LogP contribution in [0.5, 0.6) is 0 Å². The lowest BCUT2D eigenvalue weighted by Crippen LogP contribution is -1.92. The molecule has 0 spiro atoms. The van der Waals surface area contributed by atoms with Crippen molar-refractivity contribution in [1.29, 1.82) is 0 Å². The van der Waals surface area contributed by atoms with Crippen molar-refractivity contribution in [3.63, 3.8) is 0 Å². The summed E-state index contributed by atoms with van der Waals surface area (Å²) in [5.74, 6) is 0.715. The Balaban J connectivity index is 2.50. The van der Waals surface area contributed by atoms with Crippen LogP contribution in [0.3, 0.4) is 0 Å². The Morgan fingerprint density at radius 1 is 1.36 bits per heavy atom. The number of benzene rings is 1. The highest BCUT2D eigenvalue weighted by atomic mass is 127. The van der Waals surface area contributed by atoms with E-state index in [4.69, 9.17) is 0 Å². The van der Waals surface area contributed by atoms with Crippen LogP contribution in [0.15, 0.2) is 24.4 Å². The molecule has 0 aliphatic rings. The molecule has 0 amide bonds. The Kier molecular flexibility index (Phi) is 2.81. The number of aromatic amines is 1. The molecule has 14 heavy (non-hydrogen) atoms. The SMILES string of the molecule is CC(C)Cc1c[nH]c2ccc(I)cc12. The number of fused-ring (bicyclic) bond motifs is 1. The average molecular weight is 299 g/mol. The highest BCUT2D eigenvalue weighted by molar-refractivity contribution is 14.1. The maximum absolute atomic E-state index is 3.32. The van der Waals surface area contributed by atoms with Crippen LogP contribution in [0.4, 0.5) is 0 Å². The van der Waals surface area contributed by atoms with Crippen LogP contribution in [0.25, 0.3) is 10.9 Å². The summed E-state index contributed by atoms with van der Waals surface area (Å²) in [6, 6.07) is 6.55. The molecule has 2 heteroatoms. The van der Waals surface area contributed by atoms with Crippen LogP contribution < -0.4 is 0 Å². The fourth-order valence-electron chi connectivity index (χ4n) is 1.76. The normalized spacial score (nSPS) is 11.4. The third kappa shape index (κ3) is 1.95. The maximum atomic E-state index is 3.32. The van der Waals surface area contributed by atoms with Crippen LogP contribution in [0.1, 0.15) is 19.4 Å².